The second kappa shape index (κ2) is 10.0. The standard InChI is InChI=1S/C21H19F2N3O7/c1-31-10-17-18(20(27)32-2)19(12-3-8-15(22)16(23)9-12)25(21(28)24-17)11-33-14-6-4-13(5-7-14)26(29)30/h3-9,19H,10-11H2,1-2H3,(H,24,28). The number of ether oxygens (including phenoxy) is 3. The fourth-order valence-corrected chi connectivity index (χ4v) is 3.28. The summed E-state index contributed by atoms with van der Waals surface area (Å²) >= 11 is 0. The molecular formula is C21H19F2N3O7. The summed E-state index contributed by atoms with van der Waals surface area (Å²) in [5.74, 6) is -2.90. The van der Waals surface area contributed by atoms with Gasteiger partial charge in [-0.2, -0.15) is 0 Å². The summed E-state index contributed by atoms with van der Waals surface area (Å²) in [7, 11) is 2.49. The van der Waals surface area contributed by atoms with E-state index in [9.17, 15) is 28.5 Å². The van der Waals surface area contributed by atoms with E-state index in [0.717, 1.165) is 24.1 Å². The maximum atomic E-state index is 14.0. The minimum Gasteiger partial charge on any atom is -0.473 e. The van der Waals surface area contributed by atoms with Crippen molar-refractivity contribution in [3.05, 3.63) is 81.0 Å². The number of rotatable bonds is 8. The van der Waals surface area contributed by atoms with Gasteiger partial charge in [-0.3, -0.25) is 15.0 Å². The number of hydrogen-bond acceptors (Lipinski definition) is 7. The number of nitro benzene ring substituents is 1. The van der Waals surface area contributed by atoms with Crippen LogP contribution < -0.4 is 10.1 Å². The Bertz CT molecular complexity index is 1110. The molecule has 1 aliphatic heterocycles. The van der Waals surface area contributed by atoms with Gasteiger partial charge in [0.2, 0.25) is 0 Å². The van der Waals surface area contributed by atoms with E-state index >= 15 is 0 Å². The molecule has 10 nitrogen and oxygen atoms in total. The van der Waals surface area contributed by atoms with Crippen molar-refractivity contribution in [2.24, 2.45) is 0 Å². The molecule has 1 unspecified atom stereocenters. The van der Waals surface area contributed by atoms with Gasteiger partial charge in [-0.1, -0.05) is 6.07 Å². The van der Waals surface area contributed by atoms with E-state index in [0.29, 0.717) is 0 Å². The monoisotopic (exact) mass is 463 g/mol. The Kier molecular flexibility index (Phi) is 7.18. The van der Waals surface area contributed by atoms with Crippen LogP contribution in [0.3, 0.4) is 0 Å². The number of hydrogen-bond donors (Lipinski definition) is 1. The molecule has 0 radical (unpaired) electrons. The van der Waals surface area contributed by atoms with Crippen LogP contribution in [0.5, 0.6) is 5.75 Å². The molecule has 2 aromatic carbocycles. The molecule has 33 heavy (non-hydrogen) atoms. The van der Waals surface area contributed by atoms with Gasteiger partial charge in [-0.15, -0.1) is 0 Å². The van der Waals surface area contributed by atoms with Crippen LogP contribution in [0.2, 0.25) is 0 Å². The fourth-order valence-electron chi connectivity index (χ4n) is 3.28. The Balaban J connectivity index is 2.02. The molecule has 0 aliphatic carbocycles. The molecule has 0 spiro atoms. The lowest BCUT2D eigenvalue weighted by Gasteiger charge is -2.37. The Hall–Kier alpha value is -4.06. The number of carbonyl (C=O) groups is 2. The summed E-state index contributed by atoms with van der Waals surface area (Å²) in [6.07, 6.45) is 0. The summed E-state index contributed by atoms with van der Waals surface area (Å²) in [6.45, 7) is -0.596. The normalized spacial score (nSPS) is 15.8. The van der Waals surface area contributed by atoms with Gasteiger partial charge in [-0.25, -0.2) is 18.4 Å². The van der Waals surface area contributed by atoms with Gasteiger partial charge >= 0.3 is 12.0 Å². The van der Waals surface area contributed by atoms with Crippen molar-refractivity contribution in [3.8, 4) is 5.75 Å². The Morgan fingerprint density at radius 2 is 1.85 bits per heavy atom. The number of methoxy groups -OCH3 is 2. The van der Waals surface area contributed by atoms with Crippen LogP contribution in [-0.4, -0.2) is 49.4 Å². The number of benzene rings is 2. The van der Waals surface area contributed by atoms with Crippen molar-refractivity contribution < 1.29 is 37.5 Å². The van der Waals surface area contributed by atoms with Crippen molar-refractivity contribution in [1.29, 1.82) is 0 Å². The van der Waals surface area contributed by atoms with E-state index in [1.807, 2.05) is 0 Å². The van der Waals surface area contributed by atoms with Crippen LogP contribution in [0, 0.1) is 21.7 Å². The number of carbonyl (C=O) groups excluding carboxylic acids is 2. The highest BCUT2D eigenvalue weighted by atomic mass is 19.2. The maximum Gasteiger partial charge on any atom is 0.338 e. The number of non-ortho nitro benzene ring substituents is 1. The van der Waals surface area contributed by atoms with Gasteiger partial charge in [0.15, 0.2) is 18.4 Å². The minimum atomic E-state index is -1.20. The van der Waals surface area contributed by atoms with E-state index in [-0.39, 0.29) is 34.9 Å². The molecule has 174 valence electrons. The van der Waals surface area contributed by atoms with Crippen LogP contribution in [0.4, 0.5) is 19.3 Å². The Morgan fingerprint density at radius 3 is 2.42 bits per heavy atom. The third-order valence-electron chi connectivity index (χ3n) is 4.80. The quantitative estimate of drug-likeness (QED) is 0.363. The topological polar surface area (TPSA) is 120 Å². The molecule has 1 aliphatic rings. The number of nitrogens with zero attached hydrogens (tertiary/aromatic N) is 2. The summed E-state index contributed by atoms with van der Waals surface area (Å²) in [5.41, 5.74) is -0.0316. The predicted octanol–water partition coefficient (Wildman–Crippen LogP) is 3.05. The van der Waals surface area contributed by atoms with E-state index in [1.54, 1.807) is 0 Å². The van der Waals surface area contributed by atoms with Crippen molar-refractivity contribution in [2.75, 3.05) is 27.6 Å². The highest BCUT2D eigenvalue weighted by Gasteiger charge is 2.40. The Labute approximate surface area is 186 Å². The third kappa shape index (κ3) is 5.06. The largest absolute Gasteiger partial charge is 0.473 e. The molecule has 0 saturated carbocycles. The fraction of sp³-hybridized carbons (Fsp3) is 0.238. The summed E-state index contributed by atoms with van der Waals surface area (Å²) in [4.78, 5) is 36.8. The minimum absolute atomic E-state index is 0.0581. The SMILES string of the molecule is COCC1=C(C(=O)OC)C(c2ccc(F)c(F)c2)N(COc2ccc([N+](=O)[O-])cc2)C(=O)N1. The molecule has 1 N–H and O–H groups in total. The lowest BCUT2D eigenvalue weighted by atomic mass is 9.93. The molecule has 12 heteroatoms. The summed E-state index contributed by atoms with van der Waals surface area (Å²) in [5, 5.41) is 13.3. The molecule has 3 rings (SSSR count). The van der Waals surface area contributed by atoms with Crippen molar-refractivity contribution in [3.63, 3.8) is 0 Å². The van der Waals surface area contributed by atoms with Crippen molar-refractivity contribution in [1.82, 2.24) is 10.2 Å². The molecule has 0 fully saturated rings. The average molecular weight is 463 g/mol. The third-order valence-corrected chi connectivity index (χ3v) is 4.80. The molecule has 0 aromatic heterocycles. The van der Waals surface area contributed by atoms with Crippen LogP contribution in [-0.2, 0) is 14.3 Å². The van der Waals surface area contributed by atoms with Gasteiger partial charge in [0, 0.05) is 19.2 Å². The highest BCUT2D eigenvalue weighted by molar-refractivity contribution is 5.95. The van der Waals surface area contributed by atoms with Crippen LogP contribution in [0.15, 0.2) is 53.7 Å². The zero-order valence-electron chi connectivity index (χ0n) is 17.5. The Morgan fingerprint density at radius 1 is 1.15 bits per heavy atom. The number of urea groups is 1. The molecule has 2 amide bonds. The zero-order valence-corrected chi connectivity index (χ0v) is 17.5. The zero-order chi connectivity index (χ0) is 24.1. The van der Waals surface area contributed by atoms with E-state index in [4.69, 9.17) is 14.2 Å². The molecular weight excluding hydrogens is 444 g/mol. The van der Waals surface area contributed by atoms with Gasteiger partial charge < -0.3 is 19.5 Å². The molecule has 1 heterocycles. The average Bonchev–Trinajstić information content (AvgIpc) is 2.80. The number of esters is 1. The van der Waals surface area contributed by atoms with Crippen LogP contribution >= 0.6 is 0 Å². The predicted molar refractivity (Wildman–Crippen MR) is 109 cm³/mol. The number of amides is 2. The first-order valence-electron chi connectivity index (χ1n) is 9.47. The smallest absolute Gasteiger partial charge is 0.338 e. The molecule has 0 bridgehead atoms. The van der Waals surface area contributed by atoms with E-state index < -0.39 is 41.3 Å². The van der Waals surface area contributed by atoms with E-state index in [2.05, 4.69) is 5.32 Å². The van der Waals surface area contributed by atoms with Crippen molar-refractivity contribution >= 4 is 17.7 Å². The van der Waals surface area contributed by atoms with Gasteiger partial charge in [0.05, 0.1) is 36.0 Å². The summed E-state index contributed by atoms with van der Waals surface area (Å²) < 4.78 is 43.1. The lowest BCUT2D eigenvalue weighted by molar-refractivity contribution is -0.384. The van der Waals surface area contributed by atoms with Gasteiger partial charge in [0.25, 0.3) is 5.69 Å². The van der Waals surface area contributed by atoms with Crippen molar-refractivity contribution in [2.45, 2.75) is 6.04 Å². The van der Waals surface area contributed by atoms with Crippen LogP contribution in [0.1, 0.15) is 11.6 Å². The summed E-state index contributed by atoms with van der Waals surface area (Å²) in [6, 6.07) is 6.16. The number of nitrogens with one attached hydrogen (secondary N) is 1. The van der Waals surface area contributed by atoms with E-state index in [1.165, 1.54) is 37.4 Å². The molecule has 0 saturated heterocycles. The first kappa shape index (κ1) is 23.6. The van der Waals surface area contributed by atoms with Gasteiger partial charge in [-0.05, 0) is 29.8 Å². The molecule has 1 atom stereocenters. The lowest BCUT2D eigenvalue weighted by Crippen LogP contribution is -2.51. The highest BCUT2D eigenvalue weighted by Crippen LogP contribution is 2.35. The van der Waals surface area contributed by atoms with Crippen LogP contribution in [0.25, 0.3) is 0 Å². The second-order valence-corrected chi connectivity index (χ2v) is 6.82. The number of nitro groups is 1. The van der Waals surface area contributed by atoms with Gasteiger partial charge in [0.1, 0.15) is 5.75 Å². The second-order valence-electron chi connectivity index (χ2n) is 6.82. The molecule has 2 aromatic rings. The number of halogens is 2. The first-order chi connectivity index (χ1) is 15.8. The first-order valence-corrected chi connectivity index (χ1v) is 9.47. The maximum absolute atomic E-state index is 14.0.